The highest BCUT2D eigenvalue weighted by Crippen LogP contribution is 2.24. The van der Waals surface area contributed by atoms with E-state index in [-0.39, 0.29) is 11.9 Å². The molecular formula is C21H25N3O. The number of carbonyl (C=O) groups excluding carboxylic acids is 1. The van der Waals surface area contributed by atoms with E-state index in [2.05, 4.69) is 29.4 Å². The van der Waals surface area contributed by atoms with Crippen LogP contribution < -0.4 is 5.32 Å². The highest BCUT2D eigenvalue weighted by molar-refractivity contribution is 5.96. The van der Waals surface area contributed by atoms with E-state index < -0.39 is 0 Å². The largest absolute Gasteiger partial charge is 0.373 e. The molecule has 3 rings (SSSR count). The van der Waals surface area contributed by atoms with Gasteiger partial charge in [-0.05, 0) is 36.2 Å². The molecule has 4 nitrogen and oxygen atoms in total. The molecule has 130 valence electrons. The van der Waals surface area contributed by atoms with Crippen LogP contribution in [0.2, 0.25) is 0 Å². The summed E-state index contributed by atoms with van der Waals surface area (Å²) in [5, 5.41) is 3.02. The molecular weight excluding hydrogens is 310 g/mol. The predicted octanol–water partition coefficient (Wildman–Crippen LogP) is 4.36. The van der Waals surface area contributed by atoms with Gasteiger partial charge in [-0.25, -0.2) is 4.98 Å². The van der Waals surface area contributed by atoms with Crippen molar-refractivity contribution in [2.45, 2.75) is 32.2 Å². The first-order valence-corrected chi connectivity index (χ1v) is 8.94. The molecule has 0 saturated carbocycles. The lowest BCUT2D eigenvalue weighted by molar-refractivity contribution is 0.0743. The van der Waals surface area contributed by atoms with Gasteiger partial charge in [0.1, 0.15) is 5.82 Å². The monoisotopic (exact) mass is 335 g/mol. The molecule has 0 spiro atoms. The van der Waals surface area contributed by atoms with Crippen LogP contribution >= 0.6 is 0 Å². The number of rotatable bonds is 6. The van der Waals surface area contributed by atoms with E-state index in [0.29, 0.717) is 6.54 Å². The van der Waals surface area contributed by atoms with Crippen molar-refractivity contribution < 1.29 is 4.79 Å². The van der Waals surface area contributed by atoms with E-state index in [9.17, 15) is 4.79 Å². The van der Waals surface area contributed by atoms with Crippen LogP contribution in [0.3, 0.4) is 0 Å². The van der Waals surface area contributed by atoms with Crippen molar-refractivity contribution in [3.8, 4) is 11.1 Å². The Kier molecular flexibility index (Phi) is 5.49. The summed E-state index contributed by atoms with van der Waals surface area (Å²) >= 11 is 0. The maximum atomic E-state index is 13.0. The Morgan fingerprint density at radius 3 is 2.88 bits per heavy atom. The summed E-state index contributed by atoms with van der Waals surface area (Å²) in [6, 6.07) is 12.0. The summed E-state index contributed by atoms with van der Waals surface area (Å²) in [6.45, 7) is 2.89. The quantitative estimate of drug-likeness (QED) is 0.798. The van der Waals surface area contributed by atoms with E-state index in [1.807, 2.05) is 54.5 Å². The number of carbonyl (C=O) groups is 1. The minimum Gasteiger partial charge on any atom is -0.373 e. The molecule has 1 atom stereocenters. The second-order valence-corrected chi connectivity index (χ2v) is 6.36. The maximum Gasteiger partial charge on any atom is 0.254 e. The normalized spacial score (nSPS) is 16.2. The highest BCUT2D eigenvalue weighted by Gasteiger charge is 2.25. The van der Waals surface area contributed by atoms with E-state index in [1.165, 1.54) is 0 Å². The Bertz CT molecular complexity index is 752. The Morgan fingerprint density at radius 2 is 2.16 bits per heavy atom. The van der Waals surface area contributed by atoms with Gasteiger partial charge in [0.05, 0.1) is 6.04 Å². The van der Waals surface area contributed by atoms with Gasteiger partial charge in [0.2, 0.25) is 0 Å². The van der Waals surface area contributed by atoms with Gasteiger partial charge in [-0.1, -0.05) is 44.1 Å². The molecule has 2 aromatic rings. The molecule has 0 aliphatic carbocycles. The molecule has 0 radical (unpaired) electrons. The van der Waals surface area contributed by atoms with Crippen molar-refractivity contribution in [1.82, 2.24) is 9.88 Å². The van der Waals surface area contributed by atoms with Crippen molar-refractivity contribution in [3.05, 3.63) is 60.3 Å². The van der Waals surface area contributed by atoms with Crippen molar-refractivity contribution in [2.24, 2.45) is 0 Å². The third kappa shape index (κ3) is 3.90. The van der Waals surface area contributed by atoms with Gasteiger partial charge in [0.25, 0.3) is 5.91 Å². The fourth-order valence-corrected chi connectivity index (χ4v) is 3.18. The van der Waals surface area contributed by atoms with Gasteiger partial charge in [-0.3, -0.25) is 4.79 Å². The first-order chi connectivity index (χ1) is 12.2. The first-order valence-electron chi connectivity index (χ1n) is 8.94. The fraction of sp³-hybridized carbons (Fsp3) is 0.333. The summed E-state index contributed by atoms with van der Waals surface area (Å²) in [5.74, 6) is 0.936. The molecule has 0 fully saturated rings. The zero-order valence-corrected chi connectivity index (χ0v) is 14.9. The van der Waals surface area contributed by atoms with Gasteiger partial charge in [0, 0.05) is 30.9 Å². The van der Waals surface area contributed by atoms with E-state index in [0.717, 1.165) is 41.8 Å². The Morgan fingerprint density at radius 1 is 1.28 bits per heavy atom. The molecule has 0 saturated heterocycles. The van der Waals surface area contributed by atoms with Crippen LogP contribution in [0, 0.1) is 0 Å². The molecule has 0 bridgehead atoms. The Labute approximate surface area is 149 Å². The van der Waals surface area contributed by atoms with Crippen LogP contribution in [0.4, 0.5) is 5.82 Å². The van der Waals surface area contributed by atoms with Gasteiger partial charge in [-0.2, -0.15) is 0 Å². The van der Waals surface area contributed by atoms with Crippen molar-refractivity contribution in [1.29, 1.82) is 0 Å². The molecule has 1 amide bonds. The molecule has 1 aliphatic rings. The number of pyridine rings is 1. The van der Waals surface area contributed by atoms with E-state index >= 15 is 0 Å². The van der Waals surface area contributed by atoms with Crippen molar-refractivity contribution in [2.75, 3.05) is 18.9 Å². The maximum absolute atomic E-state index is 13.0. The molecule has 1 unspecified atom stereocenters. The summed E-state index contributed by atoms with van der Waals surface area (Å²) in [7, 11) is 1.85. The third-order valence-corrected chi connectivity index (χ3v) is 4.64. The minimum absolute atomic E-state index is 0.104. The number of anilines is 1. The standard InChI is InChI=1S/C21H25N3O/c1-3-4-9-19-10-6-13-24(19)21(25)17-8-5-7-16(14-17)18-11-12-20(22-2)23-15-18/h5-8,10-12,14-15,19H,3-4,9,13H2,1-2H3,(H,22,23). The lowest BCUT2D eigenvalue weighted by Gasteiger charge is -2.25. The van der Waals surface area contributed by atoms with Gasteiger partial charge in [0.15, 0.2) is 0 Å². The number of nitrogens with one attached hydrogen (secondary N) is 1. The number of hydrogen-bond acceptors (Lipinski definition) is 3. The minimum atomic E-state index is 0.104. The third-order valence-electron chi connectivity index (χ3n) is 4.64. The molecule has 1 aromatic heterocycles. The number of benzene rings is 1. The lowest BCUT2D eigenvalue weighted by atomic mass is 10.0. The zero-order valence-electron chi connectivity index (χ0n) is 14.9. The zero-order chi connectivity index (χ0) is 17.6. The van der Waals surface area contributed by atoms with Crippen LogP contribution in [0.15, 0.2) is 54.7 Å². The topological polar surface area (TPSA) is 45.2 Å². The van der Waals surface area contributed by atoms with Gasteiger partial charge in [-0.15, -0.1) is 0 Å². The van der Waals surface area contributed by atoms with Crippen LogP contribution in [-0.4, -0.2) is 35.4 Å². The second-order valence-electron chi connectivity index (χ2n) is 6.36. The lowest BCUT2D eigenvalue weighted by Crippen LogP contribution is -2.36. The molecule has 4 heteroatoms. The number of aromatic nitrogens is 1. The summed E-state index contributed by atoms with van der Waals surface area (Å²) in [4.78, 5) is 19.3. The summed E-state index contributed by atoms with van der Waals surface area (Å²) < 4.78 is 0. The first kappa shape index (κ1) is 17.2. The summed E-state index contributed by atoms with van der Waals surface area (Å²) in [6.07, 6.45) is 9.42. The second kappa shape index (κ2) is 7.97. The number of unbranched alkanes of at least 4 members (excludes halogenated alkanes) is 1. The number of amides is 1. The van der Waals surface area contributed by atoms with Crippen molar-refractivity contribution >= 4 is 11.7 Å². The predicted molar refractivity (Wildman–Crippen MR) is 103 cm³/mol. The van der Waals surface area contributed by atoms with Crippen molar-refractivity contribution in [3.63, 3.8) is 0 Å². The van der Waals surface area contributed by atoms with Crippen LogP contribution in [0.5, 0.6) is 0 Å². The summed E-state index contributed by atoms with van der Waals surface area (Å²) in [5.41, 5.74) is 2.76. The Balaban J connectivity index is 1.79. The van der Waals surface area contributed by atoms with Crippen LogP contribution in [0.25, 0.3) is 11.1 Å². The van der Waals surface area contributed by atoms with Gasteiger partial charge >= 0.3 is 0 Å². The average molecular weight is 335 g/mol. The average Bonchev–Trinajstić information content (AvgIpc) is 3.14. The fourth-order valence-electron chi connectivity index (χ4n) is 3.18. The smallest absolute Gasteiger partial charge is 0.254 e. The SMILES string of the molecule is CCCCC1C=CCN1C(=O)c1cccc(-c2ccc(NC)nc2)c1. The van der Waals surface area contributed by atoms with Gasteiger partial charge < -0.3 is 10.2 Å². The molecule has 1 aromatic carbocycles. The van der Waals surface area contributed by atoms with Crippen LogP contribution in [0.1, 0.15) is 36.5 Å². The molecule has 1 aliphatic heterocycles. The van der Waals surface area contributed by atoms with Crippen LogP contribution in [-0.2, 0) is 0 Å². The highest BCUT2D eigenvalue weighted by atomic mass is 16.2. The Hall–Kier alpha value is -2.62. The number of nitrogens with zero attached hydrogens (tertiary/aromatic N) is 2. The molecule has 1 N–H and O–H groups in total. The van der Waals surface area contributed by atoms with E-state index in [4.69, 9.17) is 0 Å². The molecule has 2 heterocycles. The number of hydrogen-bond donors (Lipinski definition) is 1. The molecule has 25 heavy (non-hydrogen) atoms. The van der Waals surface area contributed by atoms with E-state index in [1.54, 1.807) is 0 Å².